The number of ether oxygens (including phenoxy) is 3. The molecule has 38 heavy (non-hydrogen) atoms. The fraction of sp³-hybridized carbons (Fsp3) is 0.207. The molecule has 0 unspecified atom stereocenters. The summed E-state index contributed by atoms with van der Waals surface area (Å²) in [5, 5.41) is 12.7. The number of carbonyl (C=O) groups is 1. The van der Waals surface area contributed by atoms with Crippen molar-refractivity contribution in [1.29, 1.82) is 5.26 Å². The number of rotatable bonds is 8. The number of morpholine rings is 1. The fourth-order valence-corrected chi connectivity index (χ4v) is 4.28. The number of amides is 1. The fourth-order valence-electron chi connectivity index (χ4n) is 4.28. The summed E-state index contributed by atoms with van der Waals surface area (Å²) in [5.74, 6) is 1.07. The van der Waals surface area contributed by atoms with Gasteiger partial charge in [-0.2, -0.15) is 5.26 Å². The standard InChI is InChI=1S/C29H27N5O4/c1-36-27-17-20(16-21(18-30)29-32-22-6-2-3-7-23(22)33-29)10-11-26(27)38-19-28(35)31-24-8-4-5-9-25(24)34-12-14-37-15-13-34/h2-11,16-17H,12-15,19H2,1H3,(H,31,35)(H,32,33). The molecule has 2 heterocycles. The van der Waals surface area contributed by atoms with Crippen molar-refractivity contribution in [3.8, 4) is 17.6 Å². The number of hydrogen-bond acceptors (Lipinski definition) is 7. The number of imidazole rings is 1. The van der Waals surface area contributed by atoms with Gasteiger partial charge in [-0.25, -0.2) is 4.98 Å². The second-order valence-corrected chi connectivity index (χ2v) is 8.64. The highest BCUT2D eigenvalue weighted by Gasteiger charge is 2.16. The van der Waals surface area contributed by atoms with Gasteiger partial charge in [-0.15, -0.1) is 0 Å². The van der Waals surface area contributed by atoms with Crippen LogP contribution in [-0.4, -0.2) is 55.9 Å². The number of H-pyrrole nitrogens is 1. The Morgan fingerprint density at radius 1 is 1.13 bits per heavy atom. The van der Waals surface area contributed by atoms with Crippen LogP contribution in [0.5, 0.6) is 11.5 Å². The monoisotopic (exact) mass is 509 g/mol. The second-order valence-electron chi connectivity index (χ2n) is 8.64. The van der Waals surface area contributed by atoms with Crippen molar-refractivity contribution in [3.63, 3.8) is 0 Å². The molecule has 1 aromatic heterocycles. The summed E-state index contributed by atoms with van der Waals surface area (Å²) in [4.78, 5) is 22.6. The van der Waals surface area contributed by atoms with Gasteiger partial charge in [-0.3, -0.25) is 4.79 Å². The minimum Gasteiger partial charge on any atom is -0.493 e. The van der Waals surface area contributed by atoms with Crippen molar-refractivity contribution in [3.05, 3.63) is 78.1 Å². The molecule has 0 atom stereocenters. The van der Waals surface area contributed by atoms with Gasteiger partial charge >= 0.3 is 0 Å². The molecular formula is C29H27N5O4. The lowest BCUT2D eigenvalue weighted by molar-refractivity contribution is -0.118. The number of aromatic amines is 1. The van der Waals surface area contributed by atoms with Gasteiger partial charge in [0.25, 0.3) is 5.91 Å². The van der Waals surface area contributed by atoms with Crippen molar-refractivity contribution in [2.75, 3.05) is 50.2 Å². The molecule has 3 aromatic carbocycles. The van der Waals surface area contributed by atoms with Crippen molar-refractivity contribution < 1.29 is 19.0 Å². The van der Waals surface area contributed by atoms with Gasteiger partial charge in [0.1, 0.15) is 11.9 Å². The summed E-state index contributed by atoms with van der Waals surface area (Å²) in [5.41, 5.74) is 4.44. The number of carbonyl (C=O) groups excluding carboxylic acids is 1. The van der Waals surface area contributed by atoms with Crippen LogP contribution in [0.2, 0.25) is 0 Å². The van der Waals surface area contributed by atoms with Crippen LogP contribution in [0.1, 0.15) is 11.4 Å². The Bertz CT molecular complexity index is 1480. The van der Waals surface area contributed by atoms with Gasteiger partial charge < -0.3 is 29.4 Å². The number of nitrogens with one attached hydrogen (secondary N) is 2. The number of aromatic nitrogens is 2. The van der Waals surface area contributed by atoms with E-state index in [1.54, 1.807) is 24.3 Å². The third-order valence-electron chi connectivity index (χ3n) is 6.15. The quantitative estimate of drug-likeness (QED) is 0.337. The highest BCUT2D eigenvalue weighted by molar-refractivity contribution is 5.95. The summed E-state index contributed by atoms with van der Waals surface area (Å²) in [6.45, 7) is 2.66. The highest BCUT2D eigenvalue weighted by atomic mass is 16.5. The van der Waals surface area contributed by atoms with Crippen molar-refractivity contribution in [2.45, 2.75) is 0 Å². The lowest BCUT2D eigenvalue weighted by atomic mass is 10.1. The first-order valence-corrected chi connectivity index (χ1v) is 12.2. The van der Waals surface area contributed by atoms with E-state index in [-0.39, 0.29) is 12.5 Å². The van der Waals surface area contributed by atoms with Gasteiger partial charge in [-0.1, -0.05) is 30.3 Å². The Kier molecular flexibility index (Phi) is 7.52. The molecule has 192 valence electrons. The first-order valence-electron chi connectivity index (χ1n) is 12.2. The van der Waals surface area contributed by atoms with Crippen LogP contribution in [0, 0.1) is 11.3 Å². The molecule has 0 aliphatic carbocycles. The molecule has 2 N–H and O–H groups in total. The summed E-state index contributed by atoms with van der Waals surface area (Å²) < 4.78 is 16.7. The second kappa shape index (κ2) is 11.5. The van der Waals surface area contributed by atoms with Crippen LogP contribution >= 0.6 is 0 Å². The number of benzene rings is 3. The number of fused-ring (bicyclic) bond motifs is 1. The highest BCUT2D eigenvalue weighted by Crippen LogP contribution is 2.30. The molecule has 0 saturated carbocycles. The van der Waals surface area contributed by atoms with Gasteiger partial charge in [0.2, 0.25) is 0 Å². The number of hydrogen-bond donors (Lipinski definition) is 2. The predicted octanol–water partition coefficient (Wildman–Crippen LogP) is 4.49. The maximum absolute atomic E-state index is 12.7. The van der Waals surface area contributed by atoms with E-state index < -0.39 is 0 Å². The maximum Gasteiger partial charge on any atom is 0.262 e. The Labute approximate surface area is 220 Å². The van der Waals surface area contributed by atoms with Crippen LogP contribution in [0.4, 0.5) is 11.4 Å². The van der Waals surface area contributed by atoms with Crippen molar-refractivity contribution in [2.24, 2.45) is 0 Å². The van der Waals surface area contributed by atoms with Crippen LogP contribution < -0.4 is 19.7 Å². The Balaban J connectivity index is 1.27. The molecule has 0 bridgehead atoms. The summed E-state index contributed by atoms with van der Waals surface area (Å²) in [7, 11) is 1.53. The normalized spacial score (nSPS) is 13.7. The molecule has 1 aliphatic heterocycles. The average molecular weight is 510 g/mol. The SMILES string of the molecule is COc1cc(C=C(C#N)c2nc3ccccc3[nH]2)ccc1OCC(=O)Nc1ccccc1N1CCOCC1. The van der Waals surface area contributed by atoms with E-state index in [0.717, 1.165) is 41.1 Å². The smallest absolute Gasteiger partial charge is 0.262 e. The third-order valence-corrected chi connectivity index (χ3v) is 6.15. The number of methoxy groups -OCH3 is 1. The molecule has 1 saturated heterocycles. The predicted molar refractivity (Wildman–Crippen MR) is 146 cm³/mol. The van der Waals surface area contributed by atoms with E-state index in [0.29, 0.717) is 36.1 Å². The number of allylic oxidation sites excluding steroid dienone is 1. The molecule has 9 nitrogen and oxygen atoms in total. The van der Waals surface area contributed by atoms with Gasteiger partial charge in [0, 0.05) is 13.1 Å². The van der Waals surface area contributed by atoms with Gasteiger partial charge in [0.05, 0.1) is 48.3 Å². The maximum atomic E-state index is 12.7. The minimum atomic E-state index is -0.284. The molecule has 5 rings (SSSR count). The zero-order chi connectivity index (χ0) is 26.3. The van der Waals surface area contributed by atoms with Gasteiger partial charge in [0.15, 0.2) is 18.1 Å². The van der Waals surface area contributed by atoms with Crippen LogP contribution in [0.25, 0.3) is 22.7 Å². The Morgan fingerprint density at radius 2 is 1.92 bits per heavy atom. The molecule has 1 amide bonds. The van der Waals surface area contributed by atoms with E-state index in [9.17, 15) is 10.1 Å². The zero-order valence-corrected chi connectivity index (χ0v) is 20.9. The Morgan fingerprint density at radius 3 is 2.71 bits per heavy atom. The molecule has 1 aliphatic rings. The largest absolute Gasteiger partial charge is 0.493 e. The average Bonchev–Trinajstić information content (AvgIpc) is 3.40. The van der Waals surface area contributed by atoms with E-state index in [4.69, 9.17) is 14.2 Å². The van der Waals surface area contributed by atoms with Crippen LogP contribution in [0.3, 0.4) is 0 Å². The molecular weight excluding hydrogens is 482 g/mol. The first-order chi connectivity index (χ1) is 18.6. The zero-order valence-electron chi connectivity index (χ0n) is 20.9. The summed E-state index contributed by atoms with van der Waals surface area (Å²) in [6.07, 6.45) is 1.72. The molecule has 0 spiro atoms. The van der Waals surface area contributed by atoms with Crippen molar-refractivity contribution >= 4 is 40.0 Å². The Hall–Kier alpha value is -4.81. The third kappa shape index (κ3) is 5.61. The van der Waals surface area contributed by atoms with Crippen LogP contribution in [0.15, 0.2) is 66.7 Å². The molecule has 0 radical (unpaired) electrons. The number of para-hydroxylation sites is 4. The number of anilines is 2. The summed E-state index contributed by atoms with van der Waals surface area (Å²) >= 11 is 0. The lowest BCUT2D eigenvalue weighted by Crippen LogP contribution is -2.37. The topological polar surface area (TPSA) is 112 Å². The van der Waals surface area contributed by atoms with Gasteiger partial charge in [-0.05, 0) is 48.0 Å². The number of nitrogens with zero attached hydrogens (tertiary/aromatic N) is 3. The van der Waals surface area contributed by atoms with Crippen LogP contribution in [-0.2, 0) is 9.53 Å². The van der Waals surface area contributed by atoms with Crippen molar-refractivity contribution in [1.82, 2.24) is 9.97 Å². The van der Waals surface area contributed by atoms with E-state index in [1.807, 2.05) is 48.5 Å². The first kappa shape index (κ1) is 24.9. The molecule has 9 heteroatoms. The van der Waals surface area contributed by atoms with E-state index in [2.05, 4.69) is 26.3 Å². The summed E-state index contributed by atoms with van der Waals surface area (Å²) in [6, 6.07) is 22.8. The molecule has 4 aromatic rings. The lowest BCUT2D eigenvalue weighted by Gasteiger charge is -2.30. The van der Waals surface area contributed by atoms with E-state index in [1.165, 1.54) is 7.11 Å². The molecule has 1 fully saturated rings. The minimum absolute atomic E-state index is 0.189. The number of nitriles is 1. The van der Waals surface area contributed by atoms with E-state index >= 15 is 0 Å².